The average Bonchev–Trinajstić information content (AvgIpc) is 3.08. The lowest BCUT2D eigenvalue weighted by molar-refractivity contribution is -0.124. The van der Waals surface area contributed by atoms with Crippen LogP contribution in [0.4, 0.5) is 0 Å². The molecule has 0 aliphatic heterocycles. The molecule has 0 spiro atoms. The third kappa shape index (κ3) is 5.84. The molecule has 28 heavy (non-hydrogen) atoms. The number of amides is 2. The second-order valence-corrected chi connectivity index (χ2v) is 7.40. The number of carbonyl (C=O) groups excluding carboxylic acids is 2. The van der Waals surface area contributed by atoms with Gasteiger partial charge in [0.2, 0.25) is 5.91 Å². The van der Waals surface area contributed by atoms with Crippen molar-refractivity contribution in [3.8, 4) is 5.75 Å². The van der Waals surface area contributed by atoms with Gasteiger partial charge in [-0.3, -0.25) is 9.59 Å². The highest BCUT2D eigenvalue weighted by Crippen LogP contribution is 2.12. The molecule has 2 N–H and O–H groups in total. The standard InChI is InChI=1S/C21H30N4O3/c1-14(2)19(24-20(26)17-6-8-18(28-5)9-7-17)21(27)23-12-15(3)13-25-11-10-22-16(25)4/h6-11,14-15,19H,12-13H2,1-5H3,(H,23,27)(H,24,26). The van der Waals surface area contributed by atoms with E-state index < -0.39 is 6.04 Å². The van der Waals surface area contributed by atoms with Crippen LogP contribution in [0.25, 0.3) is 0 Å². The van der Waals surface area contributed by atoms with E-state index in [-0.39, 0.29) is 23.7 Å². The van der Waals surface area contributed by atoms with E-state index in [1.165, 1.54) is 0 Å². The number of benzene rings is 1. The zero-order valence-corrected chi connectivity index (χ0v) is 17.2. The maximum absolute atomic E-state index is 12.7. The lowest BCUT2D eigenvalue weighted by Crippen LogP contribution is -2.50. The second kappa shape index (κ2) is 9.92. The first-order valence-corrected chi connectivity index (χ1v) is 9.52. The van der Waals surface area contributed by atoms with E-state index in [0.717, 1.165) is 12.4 Å². The maximum atomic E-state index is 12.7. The summed E-state index contributed by atoms with van der Waals surface area (Å²) >= 11 is 0. The predicted molar refractivity (Wildman–Crippen MR) is 108 cm³/mol. The predicted octanol–water partition coefficient (Wildman–Crippen LogP) is 2.41. The summed E-state index contributed by atoms with van der Waals surface area (Å²) in [5.41, 5.74) is 0.489. The Balaban J connectivity index is 1.91. The molecule has 0 aliphatic carbocycles. The Morgan fingerprint density at radius 2 is 1.86 bits per heavy atom. The zero-order valence-electron chi connectivity index (χ0n) is 17.2. The molecule has 1 aromatic carbocycles. The van der Waals surface area contributed by atoms with Gasteiger partial charge in [0.25, 0.3) is 5.91 Å². The summed E-state index contributed by atoms with van der Waals surface area (Å²) in [5.74, 6) is 1.38. The van der Waals surface area contributed by atoms with Crippen LogP contribution < -0.4 is 15.4 Å². The number of methoxy groups -OCH3 is 1. The fraction of sp³-hybridized carbons (Fsp3) is 0.476. The van der Waals surface area contributed by atoms with E-state index in [0.29, 0.717) is 17.9 Å². The van der Waals surface area contributed by atoms with Gasteiger partial charge in [-0.1, -0.05) is 20.8 Å². The molecular weight excluding hydrogens is 356 g/mol. The summed E-state index contributed by atoms with van der Waals surface area (Å²) < 4.78 is 7.16. The number of nitrogens with zero attached hydrogens (tertiary/aromatic N) is 2. The molecule has 2 amide bonds. The number of carbonyl (C=O) groups is 2. The molecule has 0 radical (unpaired) electrons. The number of ether oxygens (including phenoxy) is 1. The smallest absolute Gasteiger partial charge is 0.251 e. The first-order chi connectivity index (χ1) is 13.3. The Morgan fingerprint density at radius 3 is 2.39 bits per heavy atom. The van der Waals surface area contributed by atoms with Crippen molar-refractivity contribution in [3.63, 3.8) is 0 Å². The third-order valence-electron chi connectivity index (χ3n) is 4.64. The molecule has 2 aromatic rings. The summed E-state index contributed by atoms with van der Waals surface area (Å²) in [6.45, 7) is 9.15. The average molecular weight is 386 g/mol. The molecule has 1 aromatic heterocycles. The van der Waals surface area contributed by atoms with E-state index in [9.17, 15) is 9.59 Å². The highest BCUT2D eigenvalue weighted by Gasteiger charge is 2.25. The number of hydrogen-bond acceptors (Lipinski definition) is 4. The number of aryl methyl sites for hydroxylation is 1. The highest BCUT2D eigenvalue weighted by molar-refractivity contribution is 5.97. The van der Waals surface area contributed by atoms with Crippen LogP contribution in [0.1, 0.15) is 37.0 Å². The summed E-state index contributed by atoms with van der Waals surface area (Å²) in [4.78, 5) is 29.4. The van der Waals surface area contributed by atoms with E-state index in [1.807, 2.05) is 27.0 Å². The van der Waals surface area contributed by atoms with Gasteiger partial charge in [0.05, 0.1) is 7.11 Å². The highest BCUT2D eigenvalue weighted by atomic mass is 16.5. The number of aromatic nitrogens is 2. The molecule has 2 rings (SSSR count). The molecule has 7 nitrogen and oxygen atoms in total. The second-order valence-electron chi connectivity index (χ2n) is 7.40. The first-order valence-electron chi connectivity index (χ1n) is 9.52. The van der Waals surface area contributed by atoms with Crippen LogP contribution in [0, 0.1) is 18.8 Å². The van der Waals surface area contributed by atoms with Crippen molar-refractivity contribution in [1.29, 1.82) is 0 Å². The summed E-state index contributed by atoms with van der Waals surface area (Å²) in [5, 5.41) is 5.80. The minimum atomic E-state index is -0.600. The van der Waals surface area contributed by atoms with Gasteiger partial charge in [0.15, 0.2) is 0 Å². The fourth-order valence-corrected chi connectivity index (χ4v) is 2.88. The van der Waals surface area contributed by atoms with Crippen molar-refractivity contribution >= 4 is 11.8 Å². The number of rotatable bonds is 9. The van der Waals surface area contributed by atoms with Crippen LogP contribution in [-0.4, -0.2) is 41.1 Å². The molecule has 0 bridgehead atoms. The SMILES string of the molecule is COc1ccc(C(=O)NC(C(=O)NCC(C)Cn2ccnc2C)C(C)C)cc1. The van der Waals surface area contributed by atoms with Crippen molar-refractivity contribution in [3.05, 3.63) is 48.0 Å². The Kier molecular flexibility index (Phi) is 7.61. The number of hydrogen-bond donors (Lipinski definition) is 2. The lowest BCUT2D eigenvalue weighted by atomic mass is 10.0. The third-order valence-corrected chi connectivity index (χ3v) is 4.64. The van der Waals surface area contributed by atoms with Gasteiger partial charge in [-0.05, 0) is 43.0 Å². The van der Waals surface area contributed by atoms with E-state index in [4.69, 9.17) is 4.74 Å². The monoisotopic (exact) mass is 386 g/mol. The Labute approximate surface area is 166 Å². The van der Waals surface area contributed by atoms with Gasteiger partial charge >= 0.3 is 0 Å². The van der Waals surface area contributed by atoms with Crippen LogP contribution >= 0.6 is 0 Å². The van der Waals surface area contributed by atoms with Crippen LogP contribution in [0.15, 0.2) is 36.7 Å². The van der Waals surface area contributed by atoms with Gasteiger partial charge in [-0.25, -0.2) is 4.98 Å². The molecule has 1 heterocycles. The molecule has 2 unspecified atom stereocenters. The summed E-state index contributed by atoms with van der Waals surface area (Å²) in [6.07, 6.45) is 3.70. The van der Waals surface area contributed by atoms with Crippen LogP contribution in [-0.2, 0) is 11.3 Å². The van der Waals surface area contributed by atoms with Crippen LogP contribution in [0.3, 0.4) is 0 Å². The molecule has 152 valence electrons. The van der Waals surface area contributed by atoms with Crippen LogP contribution in [0.5, 0.6) is 5.75 Å². The normalized spacial score (nSPS) is 13.1. The minimum absolute atomic E-state index is 0.0339. The van der Waals surface area contributed by atoms with Crippen molar-refractivity contribution in [2.45, 2.75) is 40.3 Å². The van der Waals surface area contributed by atoms with E-state index in [1.54, 1.807) is 37.6 Å². The van der Waals surface area contributed by atoms with Crippen molar-refractivity contribution in [1.82, 2.24) is 20.2 Å². The van der Waals surface area contributed by atoms with Gasteiger partial charge in [-0.2, -0.15) is 0 Å². The summed E-state index contributed by atoms with van der Waals surface area (Å²) in [6, 6.07) is 6.20. The maximum Gasteiger partial charge on any atom is 0.251 e. The largest absolute Gasteiger partial charge is 0.497 e. The van der Waals surface area contributed by atoms with Gasteiger partial charge in [0, 0.05) is 31.0 Å². The molecule has 0 saturated carbocycles. The quantitative estimate of drug-likeness (QED) is 0.693. The van der Waals surface area contributed by atoms with E-state index >= 15 is 0 Å². The Hall–Kier alpha value is -2.83. The Morgan fingerprint density at radius 1 is 1.18 bits per heavy atom. The van der Waals surface area contributed by atoms with E-state index in [2.05, 4.69) is 27.1 Å². The molecule has 0 saturated heterocycles. The number of imidazole rings is 1. The molecule has 0 aliphatic rings. The Bertz CT molecular complexity index is 783. The minimum Gasteiger partial charge on any atom is -0.497 e. The van der Waals surface area contributed by atoms with Crippen molar-refractivity contribution in [2.24, 2.45) is 11.8 Å². The fourth-order valence-electron chi connectivity index (χ4n) is 2.88. The lowest BCUT2D eigenvalue weighted by Gasteiger charge is -2.23. The van der Waals surface area contributed by atoms with Crippen molar-refractivity contribution in [2.75, 3.05) is 13.7 Å². The number of nitrogens with one attached hydrogen (secondary N) is 2. The topological polar surface area (TPSA) is 85.2 Å². The van der Waals surface area contributed by atoms with Gasteiger partial charge in [-0.15, -0.1) is 0 Å². The summed E-state index contributed by atoms with van der Waals surface area (Å²) in [7, 11) is 1.57. The molecule has 7 heteroatoms. The van der Waals surface area contributed by atoms with Crippen molar-refractivity contribution < 1.29 is 14.3 Å². The molecular formula is C21H30N4O3. The molecule has 2 atom stereocenters. The first kappa shape index (κ1) is 21.5. The van der Waals surface area contributed by atoms with Gasteiger partial charge in [0.1, 0.15) is 17.6 Å². The van der Waals surface area contributed by atoms with Gasteiger partial charge < -0.3 is 19.9 Å². The molecule has 0 fully saturated rings. The van der Waals surface area contributed by atoms with Crippen LogP contribution in [0.2, 0.25) is 0 Å². The zero-order chi connectivity index (χ0) is 20.7.